The highest BCUT2D eigenvalue weighted by Crippen LogP contribution is 2.37. The molecular weight excluding hydrogens is 346 g/mol. The lowest BCUT2D eigenvalue weighted by Crippen LogP contribution is -2.24. The number of thiophene rings is 1. The Kier molecular flexibility index (Phi) is 3.60. The molecule has 0 spiro atoms. The van der Waals surface area contributed by atoms with E-state index in [1.54, 1.807) is 29.5 Å². The average Bonchev–Trinajstić information content (AvgIpc) is 3.40. The molecule has 0 N–H and O–H groups in total. The van der Waals surface area contributed by atoms with Gasteiger partial charge in [0, 0.05) is 53.4 Å². The molecule has 0 saturated heterocycles. The van der Waals surface area contributed by atoms with Gasteiger partial charge in [-0.25, -0.2) is 14.6 Å². The number of hydrogen-bond donors (Lipinski definition) is 0. The van der Waals surface area contributed by atoms with E-state index in [4.69, 9.17) is 5.10 Å². The van der Waals surface area contributed by atoms with Crippen LogP contribution in [0.25, 0.3) is 32.5 Å². The van der Waals surface area contributed by atoms with Crippen LogP contribution in [0.15, 0.2) is 53.4 Å². The second kappa shape index (κ2) is 6.10. The van der Waals surface area contributed by atoms with Crippen molar-refractivity contribution in [1.82, 2.24) is 24.7 Å². The molecule has 0 radical (unpaired) electrons. The topological polar surface area (TPSA) is 73.6 Å². The van der Waals surface area contributed by atoms with Crippen LogP contribution in [0.2, 0.25) is 0 Å². The van der Waals surface area contributed by atoms with Crippen molar-refractivity contribution in [1.29, 1.82) is 0 Å². The predicted molar refractivity (Wildman–Crippen MR) is 101 cm³/mol. The Hall–Kier alpha value is -2.93. The maximum absolute atomic E-state index is 13.2. The summed E-state index contributed by atoms with van der Waals surface area (Å²) in [5, 5.41) is 7.41. The van der Waals surface area contributed by atoms with Crippen LogP contribution in [0.1, 0.15) is 12.8 Å². The molecule has 7 heteroatoms. The van der Waals surface area contributed by atoms with Gasteiger partial charge in [-0.05, 0) is 30.9 Å². The second-order valence-electron chi connectivity index (χ2n) is 6.50. The molecule has 1 aliphatic rings. The number of fused-ring (bicyclic) bond motifs is 1. The average molecular weight is 361 g/mol. The van der Waals surface area contributed by atoms with Crippen molar-refractivity contribution in [2.24, 2.45) is 5.92 Å². The van der Waals surface area contributed by atoms with Crippen LogP contribution < -0.4 is 5.56 Å². The van der Waals surface area contributed by atoms with Crippen molar-refractivity contribution in [3.05, 3.63) is 59.0 Å². The zero-order valence-corrected chi connectivity index (χ0v) is 14.7. The summed E-state index contributed by atoms with van der Waals surface area (Å²) in [6.45, 7) is 0.674. The number of rotatable bonds is 4. The minimum absolute atomic E-state index is 0.0372. The van der Waals surface area contributed by atoms with Gasteiger partial charge < -0.3 is 0 Å². The van der Waals surface area contributed by atoms with Gasteiger partial charge in [-0.2, -0.15) is 5.10 Å². The van der Waals surface area contributed by atoms with E-state index in [9.17, 15) is 4.79 Å². The van der Waals surface area contributed by atoms with E-state index in [0.717, 1.165) is 27.1 Å². The molecule has 4 aromatic rings. The summed E-state index contributed by atoms with van der Waals surface area (Å²) < 4.78 is 2.53. The van der Waals surface area contributed by atoms with Crippen molar-refractivity contribution >= 4 is 21.4 Å². The predicted octanol–water partition coefficient (Wildman–Crippen LogP) is 3.39. The first-order valence-corrected chi connectivity index (χ1v) is 9.37. The molecule has 4 heterocycles. The van der Waals surface area contributed by atoms with E-state index in [1.165, 1.54) is 30.5 Å². The summed E-state index contributed by atoms with van der Waals surface area (Å²) in [5.41, 5.74) is 3.48. The molecule has 6 nitrogen and oxygen atoms in total. The summed E-state index contributed by atoms with van der Waals surface area (Å²) in [7, 11) is 0. The molecule has 0 aliphatic heterocycles. The van der Waals surface area contributed by atoms with E-state index in [-0.39, 0.29) is 5.56 Å². The number of hydrogen-bond acceptors (Lipinski definition) is 6. The fraction of sp³-hybridized carbons (Fsp3) is 0.211. The van der Waals surface area contributed by atoms with Crippen LogP contribution in [0.3, 0.4) is 0 Å². The van der Waals surface area contributed by atoms with Crippen molar-refractivity contribution < 1.29 is 0 Å². The van der Waals surface area contributed by atoms with Gasteiger partial charge in [-0.15, -0.1) is 11.3 Å². The third-order valence-electron chi connectivity index (χ3n) is 4.63. The lowest BCUT2D eigenvalue weighted by Gasteiger charge is -2.09. The summed E-state index contributed by atoms with van der Waals surface area (Å²) in [4.78, 5) is 25.5. The highest BCUT2D eigenvalue weighted by Gasteiger charge is 2.25. The fourth-order valence-electron chi connectivity index (χ4n) is 3.10. The third-order valence-corrected chi connectivity index (χ3v) is 5.62. The molecule has 128 valence electrons. The van der Waals surface area contributed by atoms with Crippen LogP contribution in [0, 0.1) is 5.92 Å². The highest BCUT2D eigenvalue weighted by atomic mass is 32.1. The maximum Gasteiger partial charge on any atom is 0.276 e. The standard InChI is InChI=1S/C19H15N5OS/c25-19-16-15(14-7-21-11-22-8-14)10-26-18(16)17(13-3-5-20-6-4-13)23-24(19)9-12-1-2-12/h3-8,10-12H,1-2,9H2. The summed E-state index contributed by atoms with van der Waals surface area (Å²) >= 11 is 1.54. The first-order chi connectivity index (χ1) is 12.8. The zero-order chi connectivity index (χ0) is 17.5. The molecule has 1 fully saturated rings. The van der Waals surface area contributed by atoms with Gasteiger partial charge >= 0.3 is 0 Å². The lowest BCUT2D eigenvalue weighted by atomic mass is 10.1. The molecule has 0 atom stereocenters. The molecule has 5 rings (SSSR count). The molecule has 0 bridgehead atoms. The molecule has 0 amide bonds. The van der Waals surface area contributed by atoms with Crippen molar-refractivity contribution in [2.75, 3.05) is 0 Å². The first-order valence-electron chi connectivity index (χ1n) is 8.49. The van der Waals surface area contributed by atoms with Crippen molar-refractivity contribution in [3.63, 3.8) is 0 Å². The number of aromatic nitrogens is 5. The third kappa shape index (κ3) is 2.61. The van der Waals surface area contributed by atoms with Crippen LogP contribution in [-0.4, -0.2) is 24.7 Å². The molecule has 4 aromatic heterocycles. The maximum atomic E-state index is 13.2. The largest absolute Gasteiger partial charge is 0.276 e. The number of nitrogens with zero attached hydrogens (tertiary/aromatic N) is 5. The van der Waals surface area contributed by atoms with Crippen molar-refractivity contribution in [2.45, 2.75) is 19.4 Å². The SMILES string of the molecule is O=c1c2c(-c3cncnc3)csc2c(-c2ccncc2)nn1CC1CC1. The van der Waals surface area contributed by atoms with Gasteiger partial charge in [0.05, 0.1) is 10.1 Å². The molecule has 0 aromatic carbocycles. The summed E-state index contributed by atoms with van der Waals surface area (Å²) in [6, 6.07) is 3.86. The van der Waals surface area contributed by atoms with Gasteiger partial charge in [-0.1, -0.05) is 0 Å². The zero-order valence-electron chi connectivity index (χ0n) is 13.9. The lowest BCUT2D eigenvalue weighted by molar-refractivity contribution is 0.541. The molecule has 1 aliphatic carbocycles. The van der Waals surface area contributed by atoms with Gasteiger partial charge in [0.2, 0.25) is 0 Å². The molecule has 0 unspecified atom stereocenters. The van der Waals surface area contributed by atoms with Crippen LogP contribution >= 0.6 is 11.3 Å². The minimum atomic E-state index is -0.0372. The van der Waals surface area contributed by atoms with Gasteiger partial charge in [0.15, 0.2) is 0 Å². The molecule has 26 heavy (non-hydrogen) atoms. The number of pyridine rings is 1. The van der Waals surface area contributed by atoms with Crippen LogP contribution in [-0.2, 0) is 6.54 Å². The normalized spacial score (nSPS) is 14.0. The van der Waals surface area contributed by atoms with Crippen LogP contribution in [0.5, 0.6) is 0 Å². The quantitative estimate of drug-likeness (QED) is 0.557. The molecule has 1 saturated carbocycles. The van der Waals surface area contributed by atoms with Crippen molar-refractivity contribution in [3.8, 4) is 22.4 Å². The Bertz CT molecular complexity index is 1130. The Morgan fingerprint density at radius 3 is 2.58 bits per heavy atom. The fourth-order valence-corrected chi connectivity index (χ4v) is 4.18. The van der Waals surface area contributed by atoms with E-state index in [0.29, 0.717) is 17.8 Å². The minimum Gasteiger partial charge on any atom is -0.267 e. The Labute approximate surface area is 153 Å². The first kappa shape index (κ1) is 15.3. The van der Waals surface area contributed by atoms with Gasteiger partial charge in [0.25, 0.3) is 5.56 Å². The van der Waals surface area contributed by atoms with Crippen LogP contribution in [0.4, 0.5) is 0 Å². The Balaban J connectivity index is 1.81. The summed E-state index contributed by atoms with van der Waals surface area (Å²) in [6.07, 6.45) is 10.8. The van der Waals surface area contributed by atoms with E-state index >= 15 is 0 Å². The highest BCUT2D eigenvalue weighted by molar-refractivity contribution is 7.18. The van der Waals surface area contributed by atoms with Gasteiger partial charge in [0.1, 0.15) is 12.0 Å². The summed E-state index contributed by atoms with van der Waals surface area (Å²) in [5.74, 6) is 0.560. The Morgan fingerprint density at radius 1 is 1.08 bits per heavy atom. The van der Waals surface area contributed by atoms with E-state index in [2.05, 4.69) is 15.0 Å². The second-order valence-corrected chi connectivity index (χ2v) is 7.38. The van der Waals surface area contributed by atoms with Gasteiger partial charge in [-0.3, -0.25) is 9.78 Å². The monoisotopic (exact) mass is 361 g/mol. The Morgan fingerprint density at radius 2 is 1.85 bits per heavy atom. The van der Waals surface area contributed by atoms with E-state index in [1.807, 2.05) is 17.5 Å². The smallest absolute Gasteiger partial charge is 0.267 e. The van der Waals surface area contributed by atoms with E-state index < -0.39 is 0 Å². The molecular formula is C19H15N5OS.